The van der Waals surface area contributed by atoms with Crippen LogP contribution in [-0.4, -0.2) is 25.1 Å². The van der Waals surface area contributed by atoms with Crippen molar-refractivity contribution < 1.29 is 9.18 Å². The van der Waals surface area contributed by atoms with E-state index in [2.05, 4.69) is 15.4 Å². The monoisotopic (exact) mass is 476 g/mol. The quantitative estimate of drug-likeness (QED) is 0.409. The molecule has 2 aromatic carbocycles. The maximum atomic E-state index is 13.6. The molecule has 0 bridgehead atoms. The van der Waals surface area contributed by atoms with E-state index in [9.17, 15) is 14.0 Å². The molecule has 1 atom stereocenters. The second-order valence-corrected chi connectivity index (χ2v) is 8.14. The maximum Gasteiger partial charge on any atom is 0.264 e. The summed E-state index contributed by atoms with van der Waals surface area (Å²) in [6.07, 6.45) is 3.17. The van der Waals surface area contributed by atoms with Gasteiger partial charge in [-0.05, 0) is 54.8 Å². The van der Waals surface area contributed by atoms with Gasteiger partial charge >= 0.3 is 0 Å². The smallest absolute Gasteiger partial charge is 0.264 e. The second-order valence-electron chi connectivity index (χ2n) is 7.73. The summed E-state index contributed by atoms with van der Waals surface area (Å²) in [5.74, 6) is -0.901. The average molecular weight is 477 g/mol. The van der Waals surface area contributed by atoms with E-state index in [4.69, 9.17) is 17.3 Å². The van der Waals surface area contributed by atoms with Gasteiger partial charge in [-0.1, -0.05) is 23.7 Å². The van der Waals surface area contributed by atoms with Crippen LogP contribution in [0.15, 0.2) is 71.8 Å². The molecule has 0 saturated heterocycles. The molecular formula is C24H18ClFN6O2. The summed E-state index contributed by atoms with van der Waals surface area (Å²) in [6, 6.07) is 13.4. The Kier molecular flexibility index (Phi) is 5.25. The summed E-state index contributed by atoms with van der Waals surface area (Å²) < 4.78 is 16.4. The van der Waals surface area contributed by atoms with Crippen LogP contribution in [0.25, 0.3) is 22.1 Å². The molecule has 0 saturated carbocycles. The first-order valence-electron chi connectivity index (χ1n) is 10.3. The van der Waals surface area contributed by atoms with Crippen LogP contribution in [0, 0.1) is 5.82 Å². The van der Waals surface area contributed by atoms with Gasteiger partial charge in [0.1, 0.15) is 11.4 Å². The molecule has 1 amide bonds. The maximum absolute atomic E-state index is 13.6. The number of nitrogens with one attached hydrogen (secondary N) is 1. The first kappa shape index (κ1) is 21.6. The molecule has 10 heteroatoms. The number of hydrogen-bond acceptors (Lipinski definition) is 5. The normalized spacial score (nSPS) is 12.2. The number of carbonyl (C=O) groups is 1. The van der Waals surface area contributed by atoms with E-state index < -0.39 is 17.8 Å². The predicted molar refractivity (Wildman–Crippen MR) is 128 cm³/mol. The summed E-state index contributed by atoms with van der Waals surface area (Å²) >= 11 is 6.33. The number of carbonyl (C=O) groups excluding carboxylic acids is 1. The molecule has 3 aromatic heterocycles. The highest BCUT2D eigenvalue weighted by molar-refractivity contribution is 6.35. The lowest BCUT2D eigenvalue weighted by Crippen LogP contribution is -2.32. The van der Waals surface area contributed by atoms with Crippen molar-refractivity contribution in [2.24, 2.45) is 0 Å². The van der Waals surface area contributed by atoms with Crippen molar-refractivity contribution in [3.05, 3.63) is 99.4 Å². The first-order valence-corrected chi connectivity index (χ1v) is 10.7. The summed E-state index contributed by atoms with van der Waals surface area (Å²) in [4.78, 5) is 30.9. The van der Waals surface area contributed by atoms with Gasteiger partial charge < -0.3 is 11.1 Å². The number of benzene rings is 2. The number of nitrogen functional groups attached to an aromatic ring is 1. The third-order valence-electron chi connectivity index (χ3n) is 5.55. The average Bonchev–Trinajstić information content (AvgIpc) is 3.15. The molecule has 0 fully saturated rings. The third-order valence-corrected chi connectivity index (χ3v) is 5.86. The molecule has 0 unspecified atom stereocenters. The molecule has 8 nitrogen and oxygen atoms in total. The summed E-state index contributed by atoms with van der Waals surface area (Å²) in [6.45, 7) is 1.73. The Morgan fingerprint density at radius 2 is 1.94 bits per heavy atom. The molecule has 3 heterocycles. The van der Waals surface area contributed by atoms with E-state index in [1.807, 2.05) is 0 Å². The van der Waals surface area contributed by atoms with Crippen LogP contribution in [0.3, 0.4) is 0 Å². The zero-order valence-electron chi connectivity index (χ0n) is 17.9. The first-order chi connectivity index (χ1) is 16.3. The van der Waals surface area contributed by atoms with Crippen LogP contribution < -0.4 is 16.6 Å². The van der Waals surface area contributed by atoms with E-state index in [-0.39, 0.29) is 16.9 Å². The van der Waals surface area contributed by atoms with Crippen LogP contribution in [0.1, 0.15) is 29.0 Å². The molecular weight excluding hydrogens is 459 g/mol. The van der Waals surface area contributed by atoms with E-state index in [0.29, 0.717) is 32.8 Å². The number of aromatic nitrogens is 4. The van der Waals surface area contributed by atoms with Crippen LogP contribution >= 0.6 is 11.6 Å². The molecule has 0 aliphatic carbocycles. The highest BCUT2D eigenvalue weighted by Gasteiger charge is 2.23. The molecule has 3 N–H and O–H groups in total. The topological polar surface area (TPSA) is 107 Å². The molecule has 34 heavy (non-hydrogen) atoms. The fourth-order valence-corrected chi connectivity index (χ4v) is 4.24. The fourth-order valence-electron chi connectivity index (χ4n) is 3.98. The van der Waals surface area contributed by atoms with Crippen molar-refractivity contribution in [2.45, 2.75) is 13.0 Å². The number of anilines is 1. The molecule has 0 aliphatic heterocycles. The lowest BCUT2D eigenvalue weighted by Gasteiger charge is -2.21. The number of nitrogens with zero attached hydrogens (tertiary/aromatic N) is 4. The van der Waals surface area contributed by atoms with Crippen molar-refractivity contribution in [3.8, 4) is 5.69 Å². The Balaban J connectivity index is 1.64. The lowest BCUT2D eigenvalue weighted by molar-refractivity contribution is 0.0941. The van der Waals surface area contributed by atoms with Crippen LogP contribution in [-0.2, 0) is 0 Å². The van der Waals surface area contributed by atoms with Gasteiger partial charge in [-0.15, -0.1) is 5.10 Å². The zero-order chi connectivity index (χ0) is 24.0. The van der Waals surface area contributed by atoms with Crippen molar-refractivity contribution in [1.82, 2.24) is 24.5 Å². The largest absolute Gasteiger partial charge is 0.381 e. The Labute approximate surface area is 197 Å². The van der Waals surface area contributed by atoms with Gasteiger partial charge in [-0.3, -0.25) is 14.2 Å². The molecule has 5 rings (SSSR count). The van der Waals surface area contributed by atoms with Crippen LogP contribution in [0.5, 0.6) is 0 Å². The Bertz CT molecular complexity index is 1630. The molecule has 170 valence electrons. The van der Waals surface area contributed by atoms with Gasteiger partial charge in [0.2, 0.25) is 0 Å². The highest BCUT2D eigenvalue weighted by atomic mass is 35.5. The van der Waals surface area contributed by atoms with Crippen molar-refractivity contribution in [3.63, 3.8) is 0 Å². The third kappa shape index (κ3) is 3.56. The van der Waals surface area contributed by atoms with Crippen LogP contribution in [0.4, 0.5) is 10.2 Å². The van der Waals surface area contributed by atoms with E-state index in [0.717, 1.165) is 0 Å². The van der Waals surface area contributed by atoms with Crippen molar-refractivity contribution >= 4 is 39.7 Å². The molecule has 0 radical (unpaired) electrons. The summed E-state index contributed by atoms with van der Waals surface area (Å²) in [5, 5.41) is 8.24. The summed E-state index contributed by atoms with van der Waals surface area (Å²) in [7, 11) is 0. The Morgan fingerprint density at radius 3 is 2.71 bits per heavy atom. The Hall–Kier alpha value is -4.24. The minimum absolute atomic E-state index is 0.0321. The number of amides is 1. The minimum Gasteiger partial charge on any atom is -0.381 e. The molecule has 5 aromatic rings. The van der Waals surface area contributed by atoms with Crippen molar-refractivity contribution in [2.75, 3.05) is 5.73 Å². The predicted octanol–water partition coefficient (Wildman–Crippen LogP) is 3.90. The second kappa shape index (κ2) is 8.27. The molecule has 0 aliphatic rings. The number of rotatable bonds is 4. The number of pyridine rings is 1. The van der Waals surface area contributed by atoms with Gasteiger partial charge in [-0.25, -0.2) is 13.9 Å². The SMILES string of the molecule is C[C@H](NC(=O)c1c(N)nn2cccnc12)c1cc2cccc(Cl)c2c(=O)n1-c1ccc(F)cc1. The van der Waals surface area contributed by atoms with Gasteiger partial charge in [-0.2, -0.15) is 0 Å². The Morgan fingerprint density at radius 1 is 1.18 bits per heavy atom. The number of fused-ring (bicyclic) bond motifs is 2. The highest BCUT2D eigenvalue weighted by Crippen LogP contribution is 2.26. The standard InChI is InChI=1S/C24H18ClFN6O2/c1-13(29-23(33)20-21(27)30-31-11-3-10-28-22(20)31)18-12-14-4-2-5-17(25)19(14)24(34)32(18)16-8-6-15(26)7-9-16/h2-13H,1H3,(H2,27,30)(H,29,33)/t13-/m0/s1. The number of halogens is 2. The van der Waals surface area contributed by atoms with Gasteiger partial charge in [0.15, 0.2) is 11.5 Å². The van der Waals surface area contributed by atoms with Gasteiger partial charge in [0.05, 0.1) is 16.5 Å². The van der Waals surface area contributed by atoms with Crippen molar-refractivity contribution in [1.29, 1.82) is 0 Å². The zero-order valence-corrected chi connectivity index (χ0v) is 18.6. The minimum atomic E-state index is -0.647. The van der Waals surface area contributed by atoms with E-state index >= 15 is 0 Å². The summed E-state index contributed by atoms with van der Waals surface area (Å²) in [5.41, 5.74) is 6.94. The lowest BCUT2D eigenvalue weighted by atomic mass is 10.1. The number of nitrogens with two attached hydrogens (primary N) is 1. The van der Waals surface area contributed by atoms with Crippen LogP contribution in [0.2, 0.25) is 5.02 Å². The van der Waals surface area contributed by atoms with E-state index in [1.54, 1.807) is 43.5 Å². The fraction of sp³-hybridized carbons (Fsp3) is 0.0833. The van der Waals surface area contributed by atoms with Gasteiger partial charge in [0, 0.05) is 23.8 Å². The van der Waals surface area contributed by atoms with Gasteiger partial charge in [0.25, 0.3) is 11.5 Å². The van der Waals surface area contributed by atoms with E-state index in [1.165, 1.54) is 39.5 Å². The number of hydrogen-bond donors (Lipinski definition) is 2. The molecule has 0 spiro atoms.